The Hall–Kier alpha value is 1.01. The van der Waals surface area contributed by atoms with Crippen LogP contribution in [0.15, 0.2) is 15.8 Å². The molecule has 0 aromatic carbocycles. The van der Waals surface area contributed by atoms with Gasteiger partial charge in [0.15, 0.2) is 0 Å². The number of hydrogen-bond donors (Lipinski definition) is 6. The van der Waals surface area contributed by atoms with Crippen molar-refractivity contribution in [2.24, 2.45) is 0 Å². The van der Waals surface area contributed by atoms with Gasteiger partial charge in [-0.25, -0.2) is 18.5 Å². The molecule has 168 valence electrons. The van der Waals surface area contributed by atoms with Crippen LogP contribution in [0.4, 0.5) is 0 Å². The number of hydrogen-bond acceptors (Lipinski definition) is 10. The van der Waals surface area contributed by atoms with Crippen LogP contribution in [0.25, 0.3) is 0 Å². The van der Waals surface area contributed by atoms with Crippen LogP contribution in [0.3, 0.4) is 0 Å². The molecule has 2 radical (unpaired) electrons. The van der Waals surface area contributed by atoms with Crippen molar-refractivity contribution in [2.75, 3.05) is 6.61 Å². The van der Waals surface area contributed by atoms with Crippen molar-refractivity contribution in [3.8, 4) is 0 Å². The van der Waals surface area contributed by atoms with E-state index in [2.05, 4.69) is 13.1 Å². The monoisotopic (exact) mass is 528 g/mol. The average molecular weight is 528 g/mol. The summed E-state index contributed by atoms with van der Waals surface area (Å²) in [5.41, 5.74) is -1.26. The van der Waals surface area contributed by atoms with Crippen molar-refractivity contribution in [1.29, 1.82) is 0 Å². The number of aliphatic hydroxyl groups excluding tert-OH is 1. The number of aryl methyl sites for hydroxylation is 1. The van der Waals surface area contributed by atoms with Gasteiger partial charge in [-0.2, -0.15) is 8.62 Å². The predicted molar refractivity (Wildman–Crippen MR) is 102 cm³/mol. The maximum absolute atomic E-state index is 11.9. The van der Waals surface area contributed by atoms with E-state index in [1.807, 2.05) is 4.98 Å². The minimum Gasteiger partial charge on any atom is -0.390 e. The van der Waals surface area contributed by atoms with Crippen molar-refractivity contribution in [3.63, 3.8) is 0 Å². The van der Waals surface area contributed by atoms with E-state index in [-0.39, 0.29) is 71.1 Å². The van der Waals surface area contributed by atoms with Crippen LogP contribution in [0.2, 0.25) is 0 Å². The molecule has 1 aliphatic rings. The van der Waals surface area contributed by atoms with E-state index in [1.165, 1.54) is 13.1 Å². The SMILES string of the molecule is Cc1cn([C@H]2C[C@H](O)[C@@H](COP(=O)(O)OP(=O)(O)OP(=O)(O)O)O2)c(=O)[nH]c1=O.[Na].[Na]. The van der Waals surface area contributed by atoms with Crippen LogP contribution in [0, 0.1) is 6.92 Å². The number of H-pyrrole nitrogens is 1. The molecule has 2 heterocycles. The molecule has 21 heteroatoms. The Balaban J connectivity index is 0.00000450. The second-order valence-electron chi connectivity index (χ2n) is 5.80. The largest absolute Gasteiger partial charge is 0.490 e. The standard InChI is InChI=1S/C10H17N2O14P3.2Na/c1-5-3-12(10(15)11-9(5)14)8-2-6(13)7(24-8)4-23-28(19,20)26-29(21,22)25-27(16,17)18;;/h3,6-8,13H,2,4H2,1H3,(H,19,20)(H,21,22)(H,11,14,15)(H2,16,17,18);;/t6-,7+,8+;;/m0../s1. The summed E-state index contributed by atoms with van der Waals surface area (Å²) in [5.74, 6) is 0. The normalized spacial score (nSPS) is 25.0. The number of rotatable bonds is 8. The maximum Gasteiger partial charge on any atom is 0.490 e. The van der Waals surface area contributed by atoms with Gasteiger partial charge >= 0.3 is 29.2 Å². The van der Waals surface area contributed by atoms with Gasteiger partial charge in [0.1, 0.15) is 12.3 Å². The number of aromatic nitrogens is 2. The molecule has 0 amide bonds. The molecule has 1 aromatic heterocycles. The molecule has 1 fully saturated rings. The Kier molecular flexibility index (Phi) is 12.5. The quantitative estimate of drug-likeness (QED) is 0.159. The molecule has 5 atom stereocenters. The van der Waals surface area contributed by atoms with Gasteiger partial charge in [-0.3, -0.25) is 18.9 Å². The fourth-order valence-corrected chi connectivity index (χ4v) is 5.34. The number of nitrogens with zero attached hydrogens (tertiary/aromatic N) is 1. The predicted octanol–water partition coefficient (Wildman–Crippen LogP) is -1.92. The van der Waals surface area contributed by atoms with E-state index < -0.39 is 59.8 Å². The van der Waals surface area contributed by atoms with Gasteiger partial charge in [-0.15, -0.1) is 0 Å². The van der Waals surface area contributed by atoms with Gasteiger partial charge in [0.25, 0.3) is 5.56 Å². The minimum atomic E-state index is -5.67. The van der Waals surface area contributed by atoms with Crippen molar-refractivity contribution in [1.82, 2.24) is 9.55 Å². The number of aliphatic hydroxyl groups is 1. The first-order chi connectivity index (χ1) is 13.1. The second-order valence-corrected chi connectivity index (χ2v) is 10.2. The Morgan fingerprint density at radius 3 is 2.26 bits per heavy atom. The van der Waals surface area contributed by atoms with E-state index in [9.17, 15) is 33.3 Å². The molecular weight excluding hydrogens is 511 g/mol. The summed E-state index contributed by atoms with van der Waals surface area (Å²) in [6.07, 6.45) is -2.67. The zero-order valence-electron chi connectivity index (χ0n) is 16.4. The van der Waals surface area contributed by atoms with E-state index in [0.717, 1.165) is 4.57 Å². The zero-order chi connectivity index (χ0) is 22.2. The summed E-state index contributed by atoms with van der Waals surface area (Å²) >= 11 is 0. The van der Waals surface area contributed by atoms with Crippen LogP contribution < -0.4 is 11.2 Å². The molecule has 0 spiro atoms. The van der Waals surface area contributed by atoms with E-state index in [0.29, 0.717) is 0 Å². The van der Waals surface area contributed by atoms with Gasteiger partial charge in [0.05, 0.1) is 12.7 Å². The smallest absolute Gasteiger partial charge is 0.390 e. The molecule has 2 unspecified atom stereocenters. The van der Waals surface area contributed by atoms with E-state index in [4.69, 9.17) is 19.4 Å². The number of nitrogens with one attached hydrogen (secondary N) is 1. The van der Waals surface area contributed by atoms with E-state index in [1.54, 1.807) is 0 Å². The van der Waals surface area contributed by atoms with E-state index >= 15 is 0 Å². The summed E-state index contributed by atoms with van der Waals surface area (Å²) in [6, 6.07) is 0. The minimum absolute atomic E-state index is 0. The molecule has 1 saturated heterocycles. The molecule has 1 aliphatic heterocycles. The van der Waals surface area contributed by atoms with Gasteiger partial charge in [-0.05, 0) is 6.92 Å². The molecule has 1 aromatic rings. The first kappa shape index (κ1) is 32.0. The summed E-state index contributed by atoms with van der Waals surface area (Å²) < 4.78 is 51.3. The van der Waals surface area contributed by atoms with Crippen molar-refractivity contribution in [3.05, 3.63) is 32.6 Å². The van der Waals surface area contributed by atoms with Crippen LogP contribution in [0.1, 0.15) is 18.2 Å². The maximum atomic E-state index is 11.9. The Labute approximate surface area is 217 Å². The van der Waals surface area contributed by atoms with Crippen LogP contribution in [0.5, 0.6) is 0 Å². The zero-order valence-corrected chi connectivity index (χ0v) is 23.1. The van der Waals surface area contributed by atoms with Crippen LogP contribution in [-0.2, 0) is 31.6 Å². The molecule has 16 nitrogen and oxygen atoms in total. The molecule has 0 bridgehead atoms. The Morgan fingerprint density at radius 1 is 1.13 bits per heavy atom. The Bertz CT molecular complexity index is 1020. The topological polar surface area (TPSA) is 244 Å². The van der Waals surface area contributed by atoms with Gasteiger partial charge in [0, 0.05) is 77.3 Å². The molecule has 2 rings (SSSR count). The summed E-state index contributed by atoms with van der Waals surface area (Å²) in [5, 5.41) is 9.98. The van der Waals surface area contributed by atoms with Crippen LogP contribution >= 0.6 is 23.5 Å². The number of phosphoric acid groups is 3. The first-order valence-electron chi connectivity index (χ1n) is 7.52. The Morgan fingerprint density at radius 2 is 1.71 bits per heavy atom. The number of ether oxygens (including phenoxy) is 1. The van der Waals surface area contributed by atoms with Gasteiger partial charge in [0.2, 0.25) is 0 Å². The fraction of sp³-hybridized carbons (Fsp3) is 0.600. The third-order valence-electron chi connectivity index (χ3n) is 3.48. The fourth-order valence-electron chi connectivity index (χ4n) is 2.31. The van der Waals surface area contributed by atoms with Crippen molar-refractivity contribution in [2.45, 2.75) is 31.8 Å². The van der Waals surface area contributed by atoms with Gasteiger partial charge in [-0.1, -0.05) is 0 Å². The molecule has 0 aliphatic carbocycles. The number of phosphoric ester groups is 1. The average Bonchev–Trinajstić information content (AvgIpc) is 2.86. The summed E-state index contributed by atoms with van der Waals surface area (Å²) in [4.78, 5) is 60.6. The third kappa shape index (κ3) is 10.0. The van der Waals surface area contributed by atoms with Crippen molar-refractivity contribution >= 4 is 82.6 Å². The van der Waals surface area contributed by atoms with Crippen molar-refractivity contribution < 1.29 is 56.3 Å². The molecular formula is C10H17N2Na2O14P3. The molecule has 0 saturated carbocycles. The molecule has 31 heavy (non-hydrogen) atoms. The molecule has 6 N–H and O–H groups in total. The first-order valence-corrected chi connectivity index (χ1v) is 12.0. The van der Waals surface area contributed by atoms with Gasteiger partial charge < -0.3 is 29.4 Å². The van der Waals surface area contributed by atoms with Crippen LogP contribution in [-0.4, -0.2) is 112 Å². The second kappa shape index (κ2) is 12.1. The third-order valence-corrected chi connectivity index (χ3v) is 7.28. The summed E-state index contributed by atoms with van der Waals surface area (Å²) in [7, 11) is -16.6. The number of aromatic amines is 1. The summed E-state index contributed by atoms with van der Waals surface area (Å²) in [6.45, 7) is 0.547.